The second kappa shape index (κ2) is 5.16. The van der Waals surface area contributed by atoms with Gasteiger partial charge in [0.1, 0.15) is 0 Å². The van der Waals surface area contributed by atoms with E-state index in [1.165, 1.54) is 5.57 Å². The van der Waals surface area contributed by atoms with Gasteiger partial charge < -0.3 is 10.2 Å². The molecule has 7 atom stereocenters. The van der Waals surface area contributed by atoms with Crippen LogP contribution >= 0.6 is 0 Å². The molecule has 0 bridgehead atoms. The Morgan fingerprint density at radius 2 is 2.00 bits per heavy atom. The van der Waals surface area contributed by atoms with Gasteiger partial charge in [-0.1, -0.05) is 19.4 Å². The van der Waals surface area contributed by atoms with Gasteiger partial charge >= 0.3 is 0 Å². The van der Waals surface area contributed by atoms with Crippen molar-refractivity contribution in [2.24, 2.45) is 34.5 Å². The van der Waals surface area contributed by atoms with Crippen molar-refractivity contribution >= 4 is 5.78 Å². The minimum absolute atomic E-state index is 0.0311. The molecule has 3 fully saturated rings. The summed E-state index contributed by atoms with van der Waals surface area (Å²) in [6.07, 6.45) is 8.52. The molecule has 0 radical (unpaired) electrons. The molecule has 0 spiro atoms. The van der Waals surface area contributed by atoms with Crippen LogP contribution in [-0.2, 0) is 4.79 Å². The fraction of sp³-hybridized carbons (Fsp3) is 0.850. The molecule has 2 unspecified atom stereocenters. The number of fused-ring (bicyclic) bond motifs is 5. The molecule has 0 aromatic heterocycles. The molecule has 3 nitrogen and oxygen atoms in total. The maximum Gasteiger partial charge on any atom is 0.155 e. The first kappa shape index (κ1) is 15.8. The fourth-order valence-corrected chi connectivity index (χ4v) is 6.88. The quantitative estimate of drug-likeness (QED) is 0.781. The summed E-state index contributed by atoms with van der Waals surface area (Å²) in [6.45, 7) is 4.69. The van der Waals surface area contributed by atoms with Crippen LogP contribution in [0.3, 0.4) is 0 Å². The summed E-state index contributed by atoms with van der Waals surface area (Å²) in [5, 5.41) is 20.8. The second-order valence-electron chi connectivity index (χ2n) is 9.25. The second-order valence-corrected chi connectivity index (χ2v) is 9.25. The highest BCUT2D eigenvalue weighted by Gasteiger charge is 2.61. The maximum atomic E-state index is 11.9. The average molecular weight is 318 g/mol. The van der Waals surface area contributed by atoms with Gasteiger partial charge in [0.05, 0.1) is 6.10 Å². The van der Waals surface area contributed by atoms with Gasteiger partial charge in [0.15, 0.2) is 5.78 Å². The summed E-state index contributed by atoms with van der Waals surface area (Å²) in [6, 6.07) is 0. The zero-order chi connectivity index (χ0) is 16.4. The number of hydrogen-bond acceptors (Lipinski definition) is 3. The predicted octanol–water partition coefficient (Wildman–Crippen LogP) is 3.10. The monoisotopic (exact) mass is 318 g/mol. The van der Waals surface area contributed by atoms with Gasteiger partial charge in [-0.2, -0.15) is 0 Å². The molecule has 0 amide bonds. The molecule has 23 heavy (non-hydrogen) atoms. The van der Waals surface area contributed by atoms with E-state index in [1.54, 1.807) is 0 Å². The largest absolute Gasteiger partial charge is 0.396 e. The molecule has 4 aliphatic rings. The summed E-state index contributed by atoms with van der Waals surface area (Å²) in [5.74, 6) is 2.40. The molecule has 0 aromatic rings. The highest BCUT2D eigenvalue weighted by atomic mass is 16.3. The lowest BCUT2D eigenvalue weighted by Crippen LogP contribution is -2.55. The van der Waals surface area contributed by atoms with Crippen LogP contribution in [0.1, 0.15) is 58.8 Å². The van der Waals surface area contributed by atoms with Crippen LogP contribution < -0.4 is 0 Å². The summed E-state index contributed by atoms with van der Waals surface area (Å²) >= 11 is 0. The zero-order valence-electron chi connectivity index (χ0n) is 14.4. The Labute approximate surface area is 139 Å². The van der Waals surface area contributed by atoms with Crippen LogP contribution in [0.4, 0.5) is 0 Å². The van der Waals surface area contributed by atoms with Crippen LogP contribution in [0.5, 0.6) is 0 Å². The van der Waals surface area contributed by atoms with E-state index < -0.39 is 0 Å². The van der Waals surface area contributed by atoms with Crippen LogP contribution in [0.15, 0.2) is 11.6 Å². The topological polar surface area (TPSA) is 57.5 Å². The van der Waals surface area contributed by atoms with Crippen molar-refractivity contribution in [3.05, 3.63) is 11.6 Å². The number of hydrogen-bond donors (Lipinski definition) is 2. The summed E-state index contributed by atoms with van der Waals surface area (Å²) < 4.78 is 0. The molecule has 4 rings (SSSR count). The van der Waals surface area contributed by atoms with E-state index in [-0.39, 0.29) is 29.3 Å². The Morgan fingerprint density at radius 3 is 2.74 bits per heavy atom. The van der Waals surface area contributed by atoms with Gasteiger partial charge in [0.2, 0.25) is 0 Å². The predicted molar refractivity (Wildman–Crippen MR) is 88.7 cm³/mol. The number of carbonyl (C=O) groups is 1. The van der Waals surface area contributed by atoms with E-state index in [9.17, 15) is 15.0 Å². The summed E-state index contributed by atoms with van der Waals surface area (Å²) in [5.41, 5.74) is 1.20. The van der Waals surface area contributed by atoms with Gasteiger partial charge in [0, 0.05) is 13.0 Å². The Balaban J connectivity index is 1.76. The molecule has 0 aromatic carbocycles. The molecule has 0 heterocycles. The maximum absolute atomic E-state index is 11.9. The van der Waals surface area contributed by atoms with E-state index in [4.69, 9.17) is 0 Å². The first-order chi connectivity index (χ1) is 10.9. The molecule has 3 heteroatoms. The van der Waals surface area contributed by atoms with Crippen molar-refractivity contribution < 1.29 is 15.0 Å². The zero-order valence-corrected chi connectivity index (χ0v) is 14.4. The van der Waals surface area contributed by atoms with Crippen LogP contribution in [0, 0.1) is 34.5 Å². The van der Waals surface area contributed by atoms with E-state index in [1.807, 2.05) is 6.08 Å². The first-order valence-electron chi connectivity index (χ1n) is 9.41. The number of aliphatic hydroxyl groups excluding tert-OH is 2. The van der Waals surface area contributed by atoms with E-state index >= 15 is 0 Å². The van der Waals surface area contributed by atoms with Crippen LogP contribution in [0.2, 0.25) is 0 Å². The Morgan fingerprint density at radius 1 is 1.22 bits per heavy atom. The third-order valence-corrected chi connectivity index (χ3v) is 8.09. The van der Waals surface area contributed by atoms with Gasteiger partial charge in [-0.05, 0) is 79.1 Å². The number of allylic oxidation sites excluding steroid dienone is 1. The number of ketones is 1. The van der Waals surface area contributed by atoms with Gasteiger partial charge in [-0.3, -0.25) is 4.79 Å². The fourth-order valence-electron chi connectivity index (χ4n) is 6.88. The average Bonchev–Trinajstić information content (AvgIpc) is 2.82. The van der Waals surface area contributed by atoms with E-state index in [0.29, 0.717) is 30.1 Å². The Hall–Kier alpha value is -0.670. The van der Waals surface area contributed by atoms with Crippen molar-refractivity contribution in [1.29, 1.82) is 0 Å². The highest BCUT2D eigenvalue weighted by Crippen LogP contribution is 2.66. The van der Waals surface area contributed by atoms with Crippen LogP contribution in [-0.4, -0.2) is 28.7 Å². The van der Waals surface area contributed by atoms with Crippen molar-refractivity contribution in [3.8, 4) is 0 Å². The van der Waals surface area contributed by atoms with Crippen molar-refractivity contribution in [1.82, 2.24) is 0 Å². The summed E-state index contributed by atoms with van der Waals surface area (Å²) in [4.78, 5) is 11.9. The van der Waals surface area contributed by atoms with Crippen molar-refractivity contribution in [3.63, 3.8) is 0 Å². The van der Waals surface area contributed by atoms with Crippen molar-refractivity contribution in [2.75, 3.05) is 6.61 Å². The molecule has 128 valence electrons. The molecule has 2 N–H and O–H groups in total. The lowest BCUT2D eigenvalue weighted by Gasteiger charge is -2.59. The van der Waals surface area contributed by atoms with Gasteiger partial charge in [-0.15, -0.1) is 0 Å². The molecule has 0 aliphatic heterocycles. The lowest BCUT2D eigenvalue weighted by atomic mass is 9.45. The Bertz CT molecular complexity index is 553. The van der Waals surface area contributed by atoms with E-state index in [2.05, 4.69) is 13.8 Å². The molecular weight excluding hydrogens is 288 g/mol. The normalized spacial score (nSPS) is 52.4. The minimum atomic E-state index is -0.179. The highest BCUT2D eigenvalue weighted by molar-refractivity contribution is 5.91. The number of aliphatic hydroxyl groups is 2. The minimum Gasteiger partial charge on any atom is -0.396 e. The SMILES string of the molecule is CC1(CO)CC2=CC(=O)CC[C@@H]2[C@H]2CC[C@]3(C)C(O)CC[C@H]3[C@@H]21. The lowest BCUT2D eigenvalue weighted by molar-refractivity contribution is -0.124. The third-order valence-electron chi connectivity index (χ3n) is 8.09. The number of rotatable bonds is 1. The molecule has 4 aliphatic carbocycles. The van der Waals surface area contributed by atoms with Crippen molar-refractivity contribution in [2.45, 2.75) is 64.9 Å². The smallest absolute Gasteiger partial charge is 0.155 e. The number of carbonyl (C=O) groups excluding carboxylic acids is 1. The first-order valence-corrected chi connectivity index (χ1v) is 9.41. The van der Waals surface area contributed by atoms with Crippen LogP contribution in [0.25, 0.3) is 0 Å². The molecule has 3 saturated carbocycles. The van der Waals surface area contributed by atoms with Gasteiger partial charge in [0.25, 0.3) is 0 Å². The molecule has 0 saturated heterocycles. The molecular formula is C20H30O3. The Kier molecular flexibility index (Phi) is 3.55. The van der Waals surface area contributed by atoms with Gasteiger partial charge in [-0.25, -0.2) is 0 Å². The summed E-state index contributed by atoms with van der Waals surface area (Å²) in [7, 11) is 0. The standard InChI is InChI=1S/C20H30O3/c1-19(11-21)10-12-9-13(22)3-4-14(12)15-7-8-20(2)16(18(15)19)5-6-17(20)23/h9,14-18,21,23H,3-8,10-11H2,1-2H3/t14-,15+,16-,17?,18+,19?,20-/m0/s1. The third kappa shape index (κ3) is 2.12. The van der Waals surface area contributed by atoms with E-state index in [0.717, 1.165) is 38.5 Å².